The number of methoxy groups -OCH3 is 1. The van der Waals surface area contributed by atoms with E-state index >= 15 is 0 Å². The zero-order chi connectivity index (χ0) is 24.9. The first-order chi connectivity index (χ1) is 16.8. The topological polar surface area (TPSA) is 149 Å². The number of benzene rings is 1. The van der Waals surface area contributed by atoms with Crippen molar-refractivity contribution in [3.8, 4) is 0 Å². The van der Waals surface area contributed by atoms with E-state index in [0.29, 0.717) is 23.0 Å². The molecular formula is C23H29N9O3. The van der Waals surface area contributed by atoms with Crippen LogP contribution in [0.1, 0.15) is 34.6 Å². The van der Waals surface area contributed by atoms with Crippen LogP contribution in [0, 0.1) is 13.8 Å². The van der Waals surface area contributed by atoms with E-state index in [9.17, 15) is 9.59 Å². The number of aryl methyl sites for hydroxylation is 2. The molecular weight excluding hydrogens is 450 g/mol. The monoisotopic (exact) mass is 479 g/mol. The van der Waals surface area contributed by atoms with E-state index in [0.717, 1.165) is 30.6 Å². The van der Waals surface area contributed by atoms with Gasteiger partial charge in [-0.3, -0.25) is 20.5 Å². The summed E-state index contributed by atoms with van der Waals surface area (Å²) < 4.78 is 4.70. The number of H-pyrrole nitrogens is 1. The van der Waals surface area contributed by atoms with Gasteiger partial charge in [-0.25, -0.2) is 14.8 Å². The van der Waals surface area contributed by atoms with Gasteiger partial charge in [0, 0.05) is 30.2 Å². The molecule has 3 heterocycles. The molecule has 12 nitrogen and oxygen atoms in total. The average Bonchev–Trinajstić information content (AvgIpc) is 3.52. The molecule has 0 unspecified atom stereocenters. The van der Waals surface area contributed by atoms with E-state index < -0.39 is 6.09 Å². The Bertz CT molecular complexity index is 1220. The molecule has 184 valence electrons. The van der Waals surface area contributed by atoms with E-state index in [1.54, 1.807) is 18.0 Å². The van der Waals surface area contributed by atoms with Crippen LogP contribution in [0.15, 0.2) is 30.5 Å². The summed E-state index contributed by atoms with van der Waals surface area (Å²) in [6.07, 6.45) is 2.74. The van der Waals surface area contributed by atoms with Gasteiger partial charge in [0.25, 0.3) is 5.91 Å². The quantitative estimate of drug-likeness (QED) is 0.344. The molecule has 0 spiro atoms. The van der Waals surface area contributed by atoms with Crippen LogP contribution in [-0.2, 0) is 4.74 Å². The number of amides is 2. The van der Waals surface area contributed by atoms with Gasteiger partial charge in [-0.1, -0.05) is 6.07 Å². The molecule has 1 aliphatic rings. The molecule has 1 saturated heterocycles. The Morgan fingerprint density at radius 1 is 1.17 bits per heavy atom. The minimum atomic E-state index is -0.577. The summed E-state index contributed by atoms with van der Waals surface area (Å²) in [5.41, 5.74) is 3.09. The second kappa shape index (κ2) is 10.4. The number of anilines is 5. The lowest BCUT2D eigenvalue weighted by molar-refractivity contribution is 0.0713. The lowest BCUT2D eigenvalue weighted by atomic mass is 10.1. The summed E-state index contributed by atoms with van der Waals surface area (Å²) in [7, 11) is 3.05. The third kappa shape index (κ3) is 5.66. The number of hydrogen-bond donors (Lipinski definition) is 5. The van der Waals surface area contributed by atoms with Crippen LogP contribution >= 0.6 is 0 Å². The summed E-state index contributed by atoms with van der Waals surface area (Å²) in [4.78, 5) is 35.8. The van der Waals surface area contributed by atoms with Gasteiger partial charge in [0.1, 0.15) is 0 Å². The van der Waals surface area contributed by atoms with Gasteiger partial charge in [-0.2, -0.15) is 5.10 Å². The third-order valence-electron chi connectivity index (χ3n) is 5.68. The summed E-state index contributed by atoms with van der Waals surface area (Å²) >= 11 is 0. The molecule has 2 amide bonds. The normalized spacial score (nSPS) is 14.9. The van der Waals surface area contributed by atoms with Crippen LogP contribution in [0.2, 0.25) is 0 Å². The summed E-state index contributed by atoms with van der Waals surface area (Å²) in [6, 6.07) is 7.23. The largest absolute Gasteiger partial charge is 0.453 e. The molecule has 1 aliphatic heterocycles. The van der Waals surface area contributed by atoms with Gasteiger partial charge in [-0.05, 0) is 50.9 Å². The first-order valence-corrected chi connectivity index (χ1v) is 11.2. The van der Waals surface area contributed by atoms with E-state index in [1.807, 2.05) is 32.0 Å². The Kier molecular flexibility index (Phi) is 7.11. The molecule has 1 aromatic carbocycles. The fraction of sp³-hybridized carbons (Fsp3) is 0.348. The Labute approximate surface area is 202 Å². The van der Waals surface area contributed by atoms with E-state index in [-0.39, 0.29) is 23.6 Å². The van der Waals surface area contributed by atoms with E-state index in [4.69, 9.17) is 4.74 Å². The Hall–Kier alpha value is -4.19. The Balaban J connectivity index is 1.66. The second-order valence-corrected chi connectivity index (χ2v) is 8.31. The molecule has 35 heavy (non-hydrogen) atoms. The van der Waals surface area contributed by atoms with Crippen molar-refractivity contribution in [3.05, 3.63) is 47.4 Å². The fourth-order valence-corrected chi connectivity index (χ4v) is 3.74. The molecule has 0 aliphatic carbocycles. The van der Waals surface area contributed by atoms with Crippen molar-refractivity contribution < 1.29 is 14.3 Å². The zero-order valence-corrected chi connectivity index (χ0v) is 20.1. The lowest BCUT2D eigenvalue weighted by Crippen LogP contribution is -2.43. The number of carbonyl (C=O) groups excluding carboxylic acids is 2. The van der Waals surface area contributed by atoms with Crippen molar-refractivity contribution >= 4 is 40.8 Å². The van der Waals surface area contributed by atoms with Crippen LogP contribution in [0.3, 0.4) is 0 Å². The van der Waals surface area contributed by atoms with Crippen molar-refractivity contribution in [1.29, 1.82) is 0 Å². The molecule has 3 aromatic rings. The van der Waals surface area contributed by atoms with Gasteiger partial charge >= 0.3 is 6.09 Å². The van der Waals surface area contributed by atoms with Crippen LogP contribution in [0.25, 0.3) is 0 Å². The highest BCUT2D eigenvalue weighted by molar-refractivity contribution is 5.98. The van der Waals surface area contributed by atoms with Crippen molar-refractivity contribution in [1.82, 2.24) is 30.4 Å². The number of aromatic amines is 1. The van der Waals surface area contributed by atoms with Crippen LogP contribution < -0.4 is 21.3 Å². The minimum Gasteiger partial charge on any atom is -0.453 e. The van der Waals surface area contributed by atoms with Gasteiger partial charge in [0.15, 0.2) is 23.1 Å². The van der Waals surface area contributed by atoms with Gasteiger partial charge < -0.3 is 20.3 Å². The number of ether oxygens (including phenoxy) is 1. The summed E-state index contributed by atoms with van der Waals surface area (Å²) in [5.74, 6) is 0.998. The second-order valence-electron chi connectivity index (χ2n) is 8.31. The van der Waals surface area contributed by atoms with Crippen molar-refractivity contribution in [2.45, 2.75) is 32.9 Å². The van der Waals surface area contributed by atoms with Crippen LogP contribution in [-0.4, -0.2) is 63.9 Å². The molecule has 12 heteroatoms. The molecule has 0 saturated carbocycles. The number of carbonyl (C=O) groups is 2. The zero-order valence-electron chi connectivity index (χ0n) is 20.1. The van der Waals surface area contributed by atoms with Crippen LogP contribution in [0.4, 0.5) is 33.6 Å². The highest BCUT2D eigenvalue weighted by atomic mass is 16.5. The van der Waals surface area contributed by atoms with Crippen molar-refractivity contribution in [2.75, 3.05) is 36.7 Å². The summed E-state index contributed by atoms with van der Waals surface area (Å²) in [6.45, 7) is 4.62. The number of rotatable bonds is 7. The standard InChI is InChI=1S/C23H29N9O3/c1-13-7-8-15(11-16(13)27-23(34)35-4)26-21-20(22(33)32(3)19-6-5-9-24-19)25-12-18(29-21)28-17-10-14(2)30-31-17/h7-8,10-12,19,24H,5-6,9H2,1-4H3,(H,27,34)(H3,26,28,29,30,31)/t19-/m1/s1. The van der Waals surface area contributed by atoms with Crippen LogP contribution in [0.5, 0.6) is 0 Å². The third-order valence-corrected chi connectivity index (χ3v) is 5.68. The summed E-state index contributed by atoms with van der Waals surface area (Å²) in [5, 5.41) is 19.3. The first-order valence-electron chi connectivity index (χ1n) is 11.2. The maximum atomic E-state index is 13.4. The highest BCUT2D eigenvalue weighted by Crippen LogP contribution is 2.26. The maximum Gasteiger partial charge on any atom is 0.411 e. The van der Waals surface area contributed by atoms with Gasteiger partial charge in [0.05, 0.1) is 19.5 Å². The lowest BCUT2D eigenvalue weighted by Gasteiger charge is -2.25. The number of nitrogens with one attached hydrogen (secondary N) is 5. The van der Waals surface area contributed by atoms with E-state index in [2.05, 4.69) is 41.4 Å². The number of hydrogen-bond acceptors (Lipinski definition) is 9. The predicted molar refractivity (Wildman–Crippen MR) is 132 cm³/mol. The Morgan fingerprint density at radius 2 is 2.00 bits per heavy atom. The first kappa shape index (κ1) is 24.0. The molecule has 2 aromatic heterocycles. The molecule has 0 bridgehead atoms. The minimum absolute atomic E-state index is 0.0581. The van der Waals surface area contributed by atoms with E-state index in [1.165, 1.54) is 13.3 Å². The molecule has 1 fully saturated rings. The molecule has 4 rings (SSSR count). The Morgan fingerprint density at radius 3 is 2.69 bits per heavy atom. The SMILES string of the molecule is COC(=O)Nc1cc(Nc2nc(Nc3cc(C)[nH]n3)cnc2C(=O)N(C)[C@@H]2CCCN2)ccc1C. The molecule has 0 radical (unpaired) electrons. The average molecular weight is 480 g/mol. The fourth-order valence-electron chi connectivity index (χ4n) is 3.74. The number of nitrogens with zero attached hydrogens (tertiary/aromatic N) is 4. The number of aromatic nitrogens is 4. The van der Waals surface area contributed by atoms with Crippen molar-refractivity contribution in [3.63, 3.8) is 0 Å². The molecule has 5 N–H and O–H groups in total. The van der Waals surface area contributed by atoms with Gasteiger partial charge in [0.2, 0.25) is 0 Å². The smallest absolute Gasteiger partial charge is 0.411 e. The van der Waals surface area contributed by atoms with Crippen molar-refractivity contribution in [2.24, 2.45) is 0 Å². The predicted octanol–water partition coefficient (Wildman–Crippen LogP) is 3.26. The van der Waals surface area contributed by atoms with Gasteiger partial charge in [-0.15, -0.1) is 0 Å². The maximum absolute atomic E-state index is 13.4. The molecule has 1 atom stereocenters. The highest BCUT2D eigenvalue weighted by Gasteiger charge is 2.27.